The number of hydrogen-bond acceptors (Lipinski definition) is 4. The average Bonchev–Trinajstić information content (AvgIpc) is 3.38. The molecule has 4 heteroatoms. The van der Waals surface area contributed by atoms with Crippen LogP contribution in [0.2, 0.25) is 0 Å². The first-order valence-corrected chi connectivity index (χ1v) is 17.4. The van der Waals surface area contributed by atoms with E-state index in [4.69, 9.17) is 9.47 Å². The molecule has 44 heavy (non-hydrogen) atoms. The molecule has 1 aromatic rings. The topological polar surface area (TPSA) is 52.6 Å². The Morgan fingerprint density at radius 3 is 2.27 bits per heavy atom. The predicted molar refractivity (Wildman–Crippen MR) is 177 cm³/mol. The molecular formula is C40H56O4. The minimum absolute atomic E-state index is 0.0212. The molecule has 5 fully saturated rings. The van der Waals surface area contributed by atoms with Gasteiger partial charge in [0.05, 0.1) is 19.1 Å². The molecule has 0 aromatic heterocycles. The van der Waals surface area contributed by atoms with E-state index in [1.54, 1.807) is 7.11 Å². The first-order chi connectivity index (χ1) is 20.7. The Kier molecular flexibility index (Phi) is 7.61. The summed E-state index contributed by atoms with van der Waals surface area (Å²) in [6, 6.07) is 8.19. The lowest BCUT2D eigenvalue weighted by molar-refractivity contribution is -0.232. The molecule has 0 bridgehead atoms. The number of esters is 1. The van der Waals surface area contributed by atoms with E-state index < -0.39 is 5.41 Å². The third-order valence-corrected chi connectivity index (χ3v) is 14.8. The van der Waals surface area contributed by atoms with Crippen molar-refractivity contribution in [3.05, 3.63) is 47.6 Å². The van der Waals surface area contributed by atoms with Gasteiger partial charge in [-0.15, -0.1) is 0 Å². The maximum atomic E-state index is 14.2. The summed E-state index contributed by atoms with van der Waals surface area (Å²) < 4.78 is 11.2. The molecule has 5 saturated carbocycles. The van der Waals surface area contributed by atoms with Crippen LogP contribution in [0, 0.1) is 56.7 Å². The lowest BCUT2D eigenvalue weighted by Crippen LogP contribution is -2.67. The van der Waals surface area contributed by atoms with Gasteiger partial charge in [-0.2, -0.15) is 0 Å². The fourth-order valence-corrected chi connectivity index (χ4v) is 12.7. The molecule has 0 saturated heterocycles. The van der Waals surface area contributed by atoms with Gasteiger partial charge in [0.25, 0.3) is 0 Å². The van der Waals surface area contributed by atoms with Gasteiger partial charge in [0, 0.05) is 5.41 Å². The third kappa shape index (κ3) is 4.20. The van der Waals surface area contributed by atoms with Crippen LogP contribution in [0.4, 0.5) is 0 Å². The lowest BCUT2D eigenvalue weighted by Gasteiger charge is -2.72. The lowest BCUT2D eigenvalue weighted by atomic mass is 9.32. The van der Waals surface area contributed by atoms with Gasteiger partial charge >= 0.3 is 5.97 Å². The van der Waals surface area contributed by atoms with Crippen molar-refractivity contribution in [3.63, 3.8) is 0 Å². The second kappa shape index (κ2) is 10.6. The van der Waals surface area contributed by atoms with Gasteiger partial charge in [-0.3, -0.25) is 9.59 Å². The second-order valence-electron chi connectivity index (χ2n) is 16.7. The highest BCUT2D eigenvalue weighted by Gasteiger charge is 2.72. The van der Waals surface area contributed by atoms with Crippen molar-refractivity contribution in [2.45, 2.75) is 106 Å². The van der Waals surface area contributed by atoms with E-state index in [2.05, 4.69) is 66.3 Å². The van der Waals surface area contributed by atoms with E-state index >= 15 is 0 Å². The van der Waals surface area contributed by atoms with Crippen molar-refractivity contribution in [1.82, 2.24) is 0 Å². The van der Waals surface area contributed by atoms with Crippen LogP contribution in [0.5, 0.6) is 5.75 Å². The van der Waals surface area contributed by atoms with E-state index in [1.807, 2.05) is 19.1 Å². The summed E-state index contributed by atoms with van der Waals surface area (Å²) in [4.78, 5) is 27.7. The maximum Gasteiger partial charge on any atom is 0.312 e. The molecule has 0 heterocycles. The molecule has 1 aromatic carbocycles. The monoisotopic (exact) mass is 600 g/mol. The summed E-state index contributed by atoms with van der Waals surface area (Å²) in [7, 11) is 1.58. The Morgan fingerprint density at radius 1 is 0.932 bits per heavy atom. The number of Topliss-reactive ketones (excluding diaryl/α,β-unsaturated/α-hetero) is 1. The summed E-state index contributed by atoms with van der Waals surface area (Å²) in [6.07, 6.45) is 11.6. The van der Waals surface area contributed by atoms with Gasteiger partial charge in [0.15, 0.2) is 5.78 Å². The van der Waals surface area contributed by atoms with Crippen LogP contribution in [-0.2, 0) is 14.3 Å². The molecule has 5 aliphatic carbocycles. The summed E-state index contributed by atoms with van der Waals surface area (Å²) >= 11 is 0. The zero-order valence-corrected chi connectivity index (χ0v) is 28.7. The normalized spacial score (nSPS) is 43.3. The molecule has 0 radical (unpaired) electrons. The van der Waals surface area contributed by atoms with Crippen molar-refractivity contribution in [2.24, 2.45) is 56.7 Å². The molecule has 5 aliphatic rings. The van der Waals surface area contributed by atoms with Gasteiger partial charge in [-0.25, -0.2) is 0 Å². The third-order valence-electron chi connectivity index (χ3n) is 14.8. The number of fused-ring (bicyclic) bond motifs is 7. The number of ether oxygens (including phenoxy) is 2. The van der Waals surface area contributed by atoms with Gasteiger partial charge in [0.2, 0.25) is 0 Å². The molecule has 240 valence electrons. The van der Waals surface area contributed by atoms with E-state index in [1.165, 1.54) is 12.0 Å². The molecule has 0 amide bonds. The molecular weight excluding hydrogens is 544 g/mol. The Labute approximate surface area is 266 Å². The van der Waals surface area contributed by atoms with Gasteiger partial charge in [0.1, 0.15) is 5.75 Å². The first kappa shape index (κ1) is 31.6. The van der Waals surface area contributed by atoms with Crippen molar-refractivity contribution >= 4 is 17.8 Å². The Hall–Kier alpha value is -2.36. The highest BCUT2D eigenvalue weighted by atomic mass is 16.5. The summed E-state index contributed by atoms with van der Waals surface area (Å²) in [6.45, 7) is 21.5. The van der Waals surface area contributed by atoms with E-state index in [0.717, 1.165) is 68.3 Å². The molecule has 4 nitrogen and oxygen atoms in total. The smallest absolute Gasteiger partial charge is 0.312 e. The summed E-state index contributed by atoms with van der Waals surface area (Å²) in [5.41, 5.74) is 2.86. The van der Waals surface area contributed by atoms with E-state index in [-0.39, 0.29) is 27.6 Å². The summed E-state index contributed by atoms with van der Waals surface area (Å²) in [5.74, 6) is 3.30. The number of allylic oxidation sites excluding steroid dienone is 2. The number of rotatable bonds is 5. The first-order valence-electron chi connectivity index (χ1n) is 17.4. The minimum atomic E-state index is -0.397. The fraction of sp³-hybridized carbons (Fsp3) is 0.700. The van der Waals surface area contributed by atoms with Gasteiger partial charge < -0.3 is 9.47 Å². The van der Waals surface area contributed by atoms with Crippen LogP contribution in [0.1, 0.15) is 112 Å². The number of benzene rings is 1. The number of methoxy groups -OCH3 is 1. The Morgan fingerprint density at radius 2 is 1.64 bits per heavy atom. The van der Waals surface area contributed by atoms with Gasteiger partial charge in [-0.05, 0) is 147 Å². The molecule has 0 aliphatic heterocycles. The van der Waals surface area contributed by atoms with Crippen molar-refractivity contribution in [1.29, 1.82) is 0 Å². The van der Waals surface area contributed by atoms with Crippen LogP contribution in [0.25, 0.3) is 6.08 Å². The quantitative estimate of drug-likeness (QED) is 0.192. The summed E-state index contributed by atoms with van der Waals surface area (Å²) in [5, 5.41) is 0. The van der Waals surface area contributed by atoms with Crippen molar-refractivity contribution in [3.8, 4) is 5.75 Å². The maximum absolute atomic E-state index is 14.2. The number of carbonyl (C=O) groups excluding carboxylic acids is 2. The van der Waals surface area contributed by atoms with E-state index in [0.29, 0.717) is 42.0 Å². The Balaban J connectivity index is 1.38. The molecule has 9 atom stereocenters. The fourth-order valence-electron chi connectivity index (χ4n) is 12.7. The van der Waals surface area contributed by atoms with E-state index in [9.17, 15) is 9.59 Å². The molecule has 0 spiro atoms. The standard InChI is InChI=1S/C40H56O4/c1-10-44-28-13-11-26(12-14-28)23-27-24-37(6)31(36(4,5)34(27)41)18-19-39(8)32(37)16-15-30-33-29(25(2)3)17-20-40(33,35(42)43-9)22-21-38(30,39)7/h11-14,23,29-33H,2,10,15-22,24H2,1,3-9H3/b27-23+/t29-,30+,31+,32-,33+,37-,38+,39-,40-/m0/s1. The number of hydrogen-bond donors (Lipinski definition) is 0. The van der Waals surface area contributed by atoms with Crippen LogP contribution >= 0.6 is 0 Å². The van der Waals surface area contributed by atoms with Crippen LogP contribution in [0.15, 0.2) is 42.0 Å². The zero-order chi connectivity index (χ0) is 31.9. The number of carbonyl (C=O) groups is 2. The van der Waals surface area contributed by atoms with Gasteiger partial charge in [-0.1, -0.05) is 58.9 Å². The molecule has 6 rings (SSSR count). The largest absolute Gasteiger partial charge is 0.494 e. The zero-order valence-electron chi connectivity index (χ0n) is 28.7. The SMILES string of the molecule is C=C(C)[C@@H]1CC[C@]2(C(=O)OC)CC[C@]3(C)[C@H](CC[C@H]4[C@@]5(C)C/C(=C\c6ccc(OCC)cc6)C(=O)C(C)(C)[C@H]5CC[C@@]43C)[C@@H]12. The predicted octanol–water partition coefficient (Wildman–Crippen LogP) is 9.48. The Bertz CT molecular complexity index is 1370. The van der Waals surface area contributed by atoms with Crippen molar-refractivity contribution < 1.29 is 19.1 Å². The molecule has 0 N–H and O–H groups in total. The highest BCUT2D eigenvalue weighted by molar-refractivity contribution is 6.04. The molecule has 0 unspecified atom stereocenters. The minimum Gasteiger partial charge on any atom is -0.494 e. The average molecular weight is 601 g/mol. The van der Waals surface area contributed by atoms with Crippen LogP contribution in [-0.4, -0.2) is 25.5 Å². The van der Waals surface area contributed by atoms with Crippen LogP contribution < -0.4 is 4.74 Å². The second-order valence-corrected chi connectivity index (χ2v) is 16.7. The number of ketones is 1. The van der Waals surface area contributed by atoms with Crippen LogP contribution in [0.3, 0.4) is 0 Å². The highest BCUT2D eigenvalue weighted by Crippen LogP contribution is 2.77. The van der Waals surface area contributed by atoms with Crippen molar-refractivity contribution in [2.75, 3.05) is 13.7 Å².